The molecule has 1 saturated heterocycles. The molecule has 0 unspecified atom stereocenters. The number of carbonyl (C=O) groups is 3. The standard InChI is InChI=1S/C16H22N4O3/c1-2-8-17-14(21)11-18-16(23)19-12-5-3-6-13(10-12)20-9-4-7-15(20)22/h3,5-6,10H,2,4,7-9,11H2,1H3,(H,17,21)(H2,18,19,23). The number of hydrogen-bond acceptors (Lipinski definition) is 3. The summed E-state index contributed by atoms with van der Waals surface area (Å²) in [5, 5.41) is 7.84. The molecule has 0 atom stereocenters. The van der Waals surface area contributed by atoms with Crippen LogP contribution in [0, 0.1) is 0 Å². The van der Waals surface area contributed by atoms with E-state index in [1.165, 1.54) is 0 Å². The lowest BCUT2D eigenvalue weighted by atomic mass is 10.2. The molecule has 0 aliphatic carbocycles. The lowest BCUT2D eigenvalue weighted by Gasteiger charge is -2.16. The van der Waals surface area contributed by atoms with E-state index in [9.17, 15) is 14.4 Å². The molecule has 2 rings (SSSR count). The molecule has 1 aromatic carbocycles. The van der Waals surface area contributed by atoms with Crippen LogP contribution in [-0.4, -0.2) is 37.5 Å². The van der Waals surface area contributed by atoms with Crippen LogP contribution in [0.15, 0.2) is 24.3 Å². The van der Waals surface area contributed by atoms with Gasteiger partial charge in [-0.1, -0.05) is 13.0 Å². The molecule has 0 bridgehead atoms. The molecule has 4 amide bonds. The maximum Gasteiger partial charge on any atom is 0.319 e. The summed E-state index contributed by atoms with van der Waals surface area (Å²) in [6.07, 6.45) is 2.26. The van der Waals surface area contributed by atoms with Crippen LogP contribution < -0.4 is 20.9 Å². The molecule has 1 aliphatic rings. The Hall–Kier alpha value is -2.57. The minimum atomic E-state index is -0.457. The number of benzene rings is 1. The van der Waals surface area contributed by atoms with Gasteiger partial charge in [0.25, 0.3) is 0 Å². The Morgan fingerprint density at radius 3 is 2.78 bits per heavy atom. The topological polar surface area (TPSA) is 90.5 Å². The van der Waals surface area contributed by atoms with Gasteiger partial charge < -0.3 is 20.9 Å². The summed E-state index contributed by atoms with van der Waals surface area (Å²) in [5.74, 6) is -0.127. The summed E-state index contributed by atoms with van der Waals surface area (Å²) in [4.78, 5) is 36.7. The number of amides is 4. The highest BCUT2D eigenvalue weighted by atomic mass is 16.2. The van der Waals surface area contributed by atoms with Gasteiger partial charge in [0.1, 0.15) is 0 Å². The summed E-state index contributed by atoms with van der Waals surface area (Å²) in [6.45, 7) is 3.18. The molecule has 3 N–H and O–H groups in total. The monoisotopic (exact) mass is 318 g/mol. The highest BCUT2D eigenvalue weighted by molar-refractivity contribution is 5.97. The van der Waals surface area contributed by atoms with Crippen molar-refractivity contribution in [2.24, 2.45) is 0 Å². The van der Waals surface area contributed by atoms with Gasteiger partial charge in [-0.15, -0.1) is 0 Å². The first-order valence-corrected chi connectivity index (χ1v) is 7.82. The highest BCUT2D eigenvalue weighted by Crippen LogP contribution is 2.24. The predicted octanol–water partition coefficient (Wildman–Crippen LogP) is 1.46. The molecule has 7 nitrogen and oxygen atoms in total. The van der Waals surface area contributed by atoms with E-state index in [1.54, 1.807) is 23.1 Å². The summed E-state index contributed by atoms with van der Waals surface area (Å²) >= 11 is 0. The SMILES string of the molecule is CCCNC(=O)CNC(=O)Nc1cccc(N2CCCC2=O)c1. The molecule has 0 radical (unpaired) electrons. The van der Waals surface area contributed by atoms with E-state index < -0.39 is 6.03 Å². The summed E-state index contributed by atoms with van der Waals surface area (Å²) in [7, 11) is 0. The van der Waals surface area contributed by atoms with Crippen LogP contribution >= 0.6 is 0 Å². The summed E-state index contributed by atoms with van der Waals surface area (Å²) in [6, 6.07) is 6.65. The second-order valence-electron chi connectivity index (χ2n) is 5.36. The van der Waals surface area contributed by atoms with Crippen molar-refractivity contribution in [1.29, 1.82) is 0 Å². The smallest absolute Gasteiger partial charge is 0.319 e. The van der Waals surface area contributed by atoms with Crippen LogP contribution in [0.2, 0.25) is 0 Å². The number of nitrogens with zero attached hydrogens (tertiary/aromatic N) is 1. The first kappa shape index (κ1) is 16.8. The van der Waals surface area contributed by atoms with Crippen LogP contribution in [-0.2, 0) is 9.59 Å². The molecule has 7 heteroatoms. The quantitative estimate of drug-likeness (QED) is 0.741. The zero-order valence-corrected chi connectivity index (χ0v) is 13.2. The second-order valence-corrected chi connectivity index (χ2v) is 5.36. The normalized spacial score (nSPS) is 13.8. The van der Waals surface area contributed by atoms with Crippen molar-refractivity contribution in [2.45, 2.75) is 26.2 Å². The molecular formula is C16H22N4O3. The van der Waals surface area contributed by atoms with Crippen molar-refractivity contribution >= 4 is 29.2 Å². The lowest BCUT2D eigenvalue weighted by Crippen LogP contribution is -2.39. The van der Waals surface area contributed by atoms with Crippen molar-refractivity contribution in [3.8, 4) is 0 Å². The third-order valence-corrected chi connectivity index (χ3v) is 3.47. The first-order valence-electron chi connectivity index (χ1n) is 7.82. The number of carbonyl (C=O) groups excluding carboxylic acids is 3. The fourth-order valence-corrected chi connectivity index (χ4v) is 2.34. The molecule has 124 valence electrons. The Bertz CT molecular complexity index is 588. The number of rotatable bonds is 6. The number of nitrogens with one attached hydrogen (secondary N) is 3. The molecule has 1 aromatic rings. The van der Waals surface area contributed by atoms with Gasteiger partial charge in [0.05, 0.1) is 6.54 Å². The minimum Gasteiger partial charge on any atom is -0.355 e. The van der Waals surface area contributed by atoms with E-state index in [-0.39, 0.29) is 18.4 Å². The summed E-state index contributed by atoms with van der Waals surface area (Å²) < 4.78 is 0. The zero-order chi connectivity index (χ0) is 16.7. The van der Waals surface area contributed by atoms with Crippen LogP contribution in [0.1, 0.15) is 26.2 Å². The van der Waals surface area contributed by atoms with Crippen molar-refractivity contribution < 1.29 is 14.4 Å². The lowest BCUT2D eigenvalue weighted by molar-refractivity contribution is -0.120. The number of hydrogen-bond donors (Lipinski definition) is 3. The van der Waals surface area contributed by atoms with Gasteiger partial charge in [-0.2, -0.15) is 0 Å². The zero-order valence-electron chi connectivity index (χ0n) is 13.2. The third-order valence-electron chi connectivity index (χ3n) is 3.47. The molecule has 0 saturated carbocycles. The van der Waals surface area contributed by atoms with E-state index in [4.69, 9.17) is 0 Å². The fraction of sp³-hybridized carbons (Fsp3) is 0.438. The van der Waals surface area contributed by atoms with E-state index in [2.05, 4.69) is 16.0 Å². The van der Waals surface area contributed by atoms with E-state index >= 15 is 0 Å². The number of urea groups is 1. The maximum absolute atomic E-state index is 11.8. The van der Waals surface area contributed by atoms with E-state index in [1.807, 2.05) is 13.0 Å². The van der Waals surface area contributed by atoms with E-state index in [0.717, 1.165) is 18.5 Å². The fourth-order valence-electron chi connectivity index (χ4n) is 2.34. The molecule has 1 aliphatic heterocycles. The van der Waals surface area contributed by atoms with Crippen molar-refractivity contribution in [2.75, 3.05) is 29.9 Å². The summed E-state index contributed by atoms with van der Waals surface area (Å²) in [5.41, 5.74) is 1.35. The third kappa shape index (κ3) is 4.98. The second kappa shape index (κ2) is 8.17. The average molecular weight is 318 g/mol. The maximum atomic E-state index is 11.8. The van der Waals surface area contributed by atoms with Crippen LogP contribution in [0.5, 0.6) is 0 Å². The Labute approximate surface area is 135 Å². The number of anilines is 2. The Balaban J connectivity index is 1.86. The average Bonchev–Trinajstić information content (AvgIpc) is 2.97. The highest BCUT2D eigenvalue weighted by Gasteiger charge is 2.21. The van der Waals surface area contributed by atoms with Gasteiger partial charge in [0, 0.05) is 30.9 Å². The van der Waals surface area contributed by atoms with Gasteiger partial charge >= 0.3 is 6.03 Å². The Morgan fingerprint density at radius 1 is 1.26 bits per heavy atom. The van der Waals surface area contributed by atoms with Gasteiger partial charge in [0.15, 0.2) is 0 Å². The molecule has 1 heterocycles. The molecular weight excluding hydrogens is 296 g/mol. The minimum absolute atomic E-state index is 0.0733. The first-order chi connectivity index (χ1) is 11.1. The van der Waals surface area contributed by atoms with Crippen molar-refractivity contribution in [1.82, 2.24) is 10.6 Å². The largest absolute Gasteiger partial charge is 0.355 e. The van der Waals surface area contributed by atoms with Gasteiger partial charge in [0.2, 0.25) is 11.8 Å². The van der Waals surface area contributed by atoms with Crippen LogP contribution in [0.25, 0.3) is 0 Å². The van der Waals surface area contributed by atoms with Crippen molar-refractivity contribution in [3.63, 3.8) is 0 Å². The Kier molecular flexibility index (Phi) is 5.96. The molecule has 0 aromatic heterocycles. The molecule has 0 spiro atoms. The van der Waals surface area contributed by atoms with Crippen LogP contribution in [0.3, 0.4) is 0 Å². The predicted molar refractivity (Wildman–Crippen MR) is 88.4 cm³/mol. The Morgan fingerprint density at radius 2 is 2.09 bits per heavy atom. The molecule has 23 heavy (non-hydrogen) atoms. The van der Waals surface area contributed by atoms with Gasteiger partial charge in [-0.25, -0.2) is 4.79 Å². The van der Waals surface area contributed by atoms with Crippen molar-refractivity contribution in [3.05, 3.63) is 24.3 Å². The van der Waals surface area contributed by atoms with Gasteiger partial charge in [-0.3, -0.25) is 9.59 Å². The van der Waals surface area contributed by atoms with Crippen LogP contribution in [0.4, 0.5) is 16.2 Å². The molecule has 1 fully saturated rings. The van der Waals surface area contributed by atoms with E-state index in [0.29, 0.717) is 25.2 Å². The van der Waals surface area contributed by atoms with Gasteiger partial charge in [-0.05, 0) is 31.0 Å².